The van der Waals surface area contributed by atoms with E-state index in [1.807, 2.05) is 13.0 Å². The van der Waals surface area contributed by atoms with Crippen LogP contribution in [0.1, 0.15) is 25.8 Å². The molecule has 0 aliphatic heterocycles. The van der Waals surface area contributed by atoms with Crippen molar-refractivity contribution in [3.63, 3.8) is 0 Å². The van der Waals surface area contributed by atoms with Gasteiger partial charge in [0.15, 0.2) is 0 Å². The molecule has 1 atom stereocenters. The van der Waals surface area contributed by atoms with Crippen molar-refractivity contribution in [3.8, 4) is 0 Å². The van der Waals surface area contributed by atoms with Crippen molar-refractivity contribution in [2.45, 2.75) is 33.3 Å². The van der Waals surface area contributed by atoms with Crippen molar-refractivity contribution in [2.75, 3.05) is 17.6 Å². The van der Waals surface area contributed by atoms with Crippen LogP contribution in [0.2, 0.25) is 0 Å². The Hall–Kier alpha value is -1.29. The lowest BCUT2D eigenvalue weighted by Gasteiger charge is -2.15. The van der Waals surface area contributed by atoms with Crippen LogP contribution in [-0.2, 0) is 0 Å². The molecule has 0 bridgehead atoms. The molecule has 0 saturated carbocycles. The molecule has 0 aliphatic rings. The minimum atomic E-state index is -0.360. The number of hydrogen-bond acceptors (Lipinski definition) is 4. The summed E-state index contributed by atoms with van der Waals surface area (Å²) >= 11 is 0. The quantitative estimate of drug-likeness (QED) is 0.711. The molecule has 1 rings (SSSR count). The van der Waals surface area contributed by atoms with Gasteiger partial charge in [-0.1, -0.05) is 13.8 Å². The van der Waals surface area contributed by atoms with Crippen LogP contribution in [0.4, 0.5) is 11.5 Å². The van der Waals surface area contributed by atoms with E-state index in [2.05, 4.69) is 24.1 Å². The molecule has 4 heteroatoms. The summed E-state index contributed by atoms with van der Waals surface area (Å²) in [5, 5.41) is 12.8. The average molecular weight is 223 g/mol. The maximum Gasteiger partial charge on any atom is 0.149 e. The Morgan fingerprint density at radius 2 is 2.19 bits per heavy atom. The Labute approximate surface area is 96.9 Å². The zero-order chi connectivity index (χ0) is 12.1. The number of aliphatic hydroxyl groups excluding tert-OH is 1. The number of aliphatic hydroxyl groups is 1. The van der Waals surface area contributed by atoms with Gasteiger partial charge < -0.3 is 16.2 Å². The number of nitrogens with two attached hydrogens (primary N) is 1. The Kier molecular flexibility index (Phi) is 4.55. The zero-order valence-corrected chi connectivity index (χ0v) is 10.2. The third kappa shape index (κ3) is 3.70. The minimum absolute atomic E-state index is 0.360. The molecule has 4 N–H and O–H groups in total. The van der Waals surface area contributed by atoms with Crippen molar-refractivity contribution in [1.29, 1.82) is 0 Å². The lowest BCUT2D eigenvalue weighted by molar-refractivity contribution is 0.161. The average Bonchev–Trinajstić information content (AvgIpc) is 2.19. The number of nitrogens with one attached hydrogen (secondary N) is 1. The molecule has 1 aromatic rings. The van der Waals surface area contributed by atoms with Gasteiger partial charge in [-0.2, -0.15) is 0 Å². The van der Waals surface area contributed by atoms with Gasteiger partial charge in [0, 0.05) is 12.7 Å². The molecule has 16 heavy (non-hydrogen) atoms. The summed E-state index contributed by atoms with van der Waals surface area (Å²) in [4.78, 5) is 4.14. The summed E-state index contributed by atoms with van der Waals surface area (Å²) in [7, 11) is 0. The second kappa shape index (κ2) is 5.70. The summed E-state index contributed by atoms with van der Waals surface area (Å²) < 4.78 is 0. The van der Waals surface area contributed by atoms with E-state index in [4.69, 9.17) is 5.73 Å². The van der Waals surface area contributed by atoms with E-state index in [0.29, 0.717) is 24.0 Å². The van der Waals surface area contributed by atoms with Gasteiger partial charge in [-0.15, -0.1) is 0 Å². The number of aryl methyl sites for hydroxylation is 1. The van der Waals surface area contributed by atoms with Crippen molar-refractivity contribution in [3.05, 3.63) is 17.8 Å². The summed E-state index contributed by atoms with van der Waals surface area (Å²) in [6.07, 6.45) is 2.13. The van der Waals surface area contributed by atoms with Gasteiger partial charge in [-0.05, 0) is 30.9 Å². The minimum Gasteiger partial charge on any atom is -0.396 e. The highest BCUT2D eigenvalue weighted by molar-refractivity contribution is 5.64. The van der Waals surface area contributed by atoms with Crippen molar-refractivity contribution < 1.29 is 5.11 Å². The largest absolute Gasteiger partial charge is 0.396 e. The lowest BCUT2D eigenvalue weighted by atomic mass is 10.1. The fourth-order valence-electron chi connectivity index (χ4n) is 1.55. The van der Waals surface area contributed by atoms with Gasteiger partial charge in [0.05, 0.1) is 11.8 Å². The standard InChI is InChI=1S/C12H21N3O/c1-8(2)6-10(16)7-15-12-11(13)9(3)4-5-14-12/h4-5,8,10,16H,6-7,13H2,1-3H3,(H,14,15). The molecule has 1 heterocycles. The van der Waals surface area contributed by atoms with Crippen LogP contribution in [0.15, 0.2) is 12.3 Å². The number of hydrogen-bond donors (Lipinski definition) is 3. The number of nitrogen functional groups attached to an aromatic ring is 1. The van der Waals surface area contributed by atoms with Gasteiger partial charge in [0.1, 0.15) is 5.82 Å². The Balaban J connectivity index is 2.51. The summed E-state index contributed by atoms with van der Waals surface area (Å²) in [6.45, 7) is 6.59. The molecule has 0 aliphatic carbocycles. The maximum absolute atomic E-state index is 9.71. The first kappa shape index (κ1) is 12.8. The first-order chi connectivity index (χ1) is 7.50. The molecule has 0 radical (unpaired) electrons. The highest BCUT2D eigenvalue weighted by atomic mass is 16.3. The molecule has 0 aromatic carbocycles. The fourth-order valence-corrected chi connectivity index (χ4v) is 1.55. The number of aromatic nitrogens is 1. The predicted octanol–water partition coefficient (Wildman–Crippen LogP) is 1.79. The monoisotopic (exact) mass is 223 g/mol. The van der Waals surface area contributed by atoms with Crippen LogP contribution >= 0.6 is 0 Å². The van der Waals surface area contributed by atoms with Crippen molar-refractivity contribution in [2.24, 2.45) is 5.92 Å². The van der Waals surface area contributed by atoms with Crippen LogP contribution in [0, 0.1) is 12.8 Å². The topological polar surface area (TPSA) is 71.2 Å². The summed E-state index contributed by atoms with van der Waals surface area (Å²) in [5.74, 6) is 1.14. The Morgan fingerprint density at radius 3 is 2.81 bits per heavy atom. The van der Waals surface area contributed by atoms with Gasteiger partial charge in [-0.25, -0.2) is 4.98 Å². The van der Waals surface area contributed by atoms with E-state index < -0.39 is 0 Å². The fraction of sp³-hybridized carbons (Fsp3) is 0.583. The van der Waals surface area contributed by atoms with E-state index in [-0.39, 0.29) is 6.10 Å². The second-order valence-corrected chi connectivity index (χ2v) is 4.55. The van der Waals surface area contributed by atoms with Crippen LogP contribution in [0.3, 0.4) is 0 Å². The smallest absolute Gasteiger partial charge is 0.149 e. The number of nitrogens with zero attached hydrogens (tertiary/aromatic N) is 1. The normalized spacial score (nSPS) is 12.8. The summed E-state index contributed by atoms with van der Waals surface area (Å²) in [6, 6.07) is 1.87. The van der Waals surface area contributed by atoms with Crippen LogP contribution < -0.4 is 11.1 Å². The lowest BCUT2D eigenvalue weighted by Crippen LogP contribution is -2.22. The number of rotatable bonds is 5. The number of pyridine rings is 1. The molecule has 4 nitrogen and oxygen atoms in total. The first-order valence-electron chi connectivity index (χ1n) is 5.63. The second-order valence-electron chi connectivity index (χ2n) is 4.55. The third-order valence-corrected chi connectivity index (χ3v) is 2.46. The van der Waals surface area contributed by atoms with Crippen LogP contribution in [0.25, 0.3) is 0 Å². The molecule has 0 saturated heterocycles. The van der Waals surface area contributed by atoms with Gasteiger partial charge in [0.2, 0.25) is 0 Å². The molecule has 90 valence electrons. The van der Waals surface area contributed by atoms with Gasteiger partial charge >= 0.3 is 0 Å². The van der Waals surface area contributed by atoms with Gasteiger partial charge in [0.25, 0.3) is 0 Å². The van der Waals surface area contributed by atoms with Crippen LogP contribution in [0.5, 0.6) is 0 Å². The Bertz CT molecular complexity index is 339. The SMILES string of the molecule is Cc1ccnc(NCC(O)CC(C)C)c1N. The zero-order valence-electron chi connectivity index (χ0n) is 10.2. The van der Waals surface area contributed by atoms with Gasteiger partial charge in [-0.3, -0.25) is 0 Å². The predicted molar refractivity (Wildman–Crippen MR) is 67.3 cm³/mol. The molecular weight excluding hydrogens is 202 g/mol. The van der Waals surface area contributed by atoms with E-state index in [1.54, 1.807) is 6.20 Å². The molecule has 1 unspecified atom stereocenters. The van der Waals surface area contributed by atoms with E-state index in [9.17, 15) is 5.11 Å². The number of anilines is 2. The maximum atomic E-state index is 9.71. The molecular formula is C12H21N3O. The van der Waals surface area contributed by atoms with E-state index in [1.165, 1.54) is 0 Å². The molecule has 1 aromatic heterocycles. The third-order valence-electron chi connectivity index (χ3n) is 2.46. The van der Waals surface area contributed by atoms with E-state index in [0.717, 1.165) is 12.0 Å². The highest BCUT2D eigenvalue weighted by Crippen LogP contribution is 2.18. The molecule has 0 amide bonds. The van der Waals surface area contributed by atoms with Crippen molar-refractivity contribution in [1.82, 2.24) is 4.98 Å². The first-order valence-corrected chi connectivity index (χ1v) is 5.63. The highest BCUT2D eigenvalue weighted by Gasteiger charge is 2.08. The van der Waals surface area contributed by atoms with Crippen LogP contribution in [-0.4, -0.2) is 22.7 Å². The van der Waals surface area contributed by atoms with Crippen molar-refractivity contribution >= 4 is 11.5 Å². The molecule has 0 fully saturated rings. The van der Waals surface area contributed by atoms with E-state index >= 15 is 0 Å². The summed E-state index contributed by atoms with van der Waals surface area (Å²) in [5.41, 5.74) is 7.51. The molecule has 0 spiro atoms. The Morgan fingerprint density at radius 1 is 1.50 bits per heavy atom.